The highest BCUT2D eigenvalue weighted by atomic mass is 15.2. The Morgan fingerprint density at radius 2 is 2.00 bits per heavy atom. The van der Waals surface area contributed by atoms with Crippen LogP contribution in [0.1, 0.15) is 25.8 Å². The van der Waals surface area contributed by atoms with E-state index in [2.05, 4.69) is 31.0 Å². The lowest BCUT2D eigenvalue weighted by Gasteiger charge is -2.24. The molecule has 0 spiro atoms. The SMILES string of the molecule is CCC(C)N(C)C(N)=NCc1ccccc1. The highest BCUT2D eigenvalue weighted by Crippen LogP contribution is 2.03. The zero-order valence-electron chi connectivity index (χ0n) is 10.4. The normalized spacial score (nSPS) is 13.6. The molecule has 0 aliphatic heterocycles. The van der Waals surface area contributed by atoms with Gasteiger partial charge in [-0.2, -0.15) is 0 Å². The monoisotopic (exact) mass is 219 g/mol. The topological polar surface area (TPSA) is 41.6 Å². The molecule has 1 atom stereocenters. The minimum atomic E-state index is 0.430. The van der Waals surface area contributed by atoms with Gasteiger partial charge in [-0.3, -0.25) is 0 Å². The Morgan fingerprint density at radius 1 is 1.38 bits per heavy atom. The second-order valence-corrected chi connectivity index (χ2v) is 4.03. The average molecular weight is 219 g/mol. The third-order valence-corrected chi connectivity index (χ3v) is 2.88. The predicted octanol–water partition coefficient (Wildman–Crippen LogP) is 2.23. The van der Waals surface area contributed by atoms with Crippen molar-refractivity contribution < 1.29 is 0 Å². The molecule has 3 nitrogen and oxygen atoms in total. The van der Waals surface area contributed by atoms with Crippen molar-refractivity contribution in [3.8, 4) is 0 Å². The molecule has 0 saturated heterocycles. The summed E-state index contributed by atoms with van der Waals surface area (Å²) in [5.41, 5.74) is 7.10. The Hall–Kier alpha value is -1.51. The summed E-state index contributed by atoms with van der Waals surface area (Å²) in [7, 11) is 1.98. The summed E-state index contributed by atoms with van der Waals surface area (Å²) >= 11 is 0. The van der Waals surface area contributed by atoms with Crippen molar-refractivity contribution in [1.29, 1.82) is 0 Å². The van der Waals surface area contributed by atoms with Gasteiger partial charge in [-0.1, -0.05) is 37.3 Å². The highest BCUT2D eigenvalue weighted by Gasteiger charge is 2.08. The van der Waals surface area contributed by atoms with Gasteiger partial charge >= 0.3 is 0 Å². The van der Waals surface area contributed by atoms with E-state index in [9.17, 15) is 0 Å². The molecule has 0 fully saturated rings. The average Bonchev–Trinajstić information content (AvgIpc) is 2.35. The molecule has 0 radical (unpaired) electrons. The predicted molar refractivity (Wildman–Crippen MR) is 69.3 cm³/mol. The Labute approximate surface area is 98.0 Å². The van der Waals surface area contributed by atoms with E-state index in [1.54, 1.807) is 0 Å². The number of nitrogens with two attached hydrogens (primary N) is 1. The van der Waals surface area contributed by atoms with E-state index in [4.69, 9.17) is 5.73 Å². The molecule has 1 rings (SSSR count). The Balaban J connectivity index is 2.57. The molecule has 16 heavy (non-hydrogen) atoms. The second kappa shape index (κ2) is 6.16. The molecule has 0 amide bonds. The maximum absolute atomic E-state index is 5.92. The van der Waals surface area contributed by atoms with Crippen molar-refractivity contribution >= 4 is 5.96 Å². The van der Waals surface area contributed by atoms with Crippen molar-refractivity contribution in [3.05, 3.63) is 35.9 Å². The molecule has 0 bridgehead atoms. The lowest BCUT2D eigenvalue weighted by molar-refractivity contribution is 0.375. The van der Waals surface area contributed by atoms with Crippen LogP contribution in [0.3, 0.4) is 0 Å². The smallest absolute Gasteiger partial charge is 0.191 e. The van der Waals surface area contributed by atoms with Gasteiger partial charge < -0.3 is 10.6 Å². The van der Waals surface area contributed by atoms with Crippen molar-refractivity contribution in [3.63, 3.8) is 0 Å². The van der Waals surface area contributed by atoms with Crippen molar-refractivity contribution in [2.45, 2.75) is 32.9 Å². The second-order valence-electron chi connectivity index (χ2n) is 4.03. The summed E-state index contributed by atoms with van der Waals surface area (Å²) in [4.78, 5) is 6.40. The fourth-order valence-corrected chi connectivity index (χ4v) is 1.37. The minimum absolute atomic E-state index is 0.430. The first-order chi connectivity index (χ1) is 7.65. The first-order valence-corrected chi connectivity index (χ1v) is 5.71. The summed E-state index contributed by atoms with van der Waals surface area (Å²) in [5.74, 6) is 0.609. The first kappa shape index (κ1) is 12.6. The molecule has 1 aromatic rings. The number of hydrogen-bond donors (Lipinski definition) is 1. The van der Waals surface area contributed by atoms with E-state index in [0.717, 1.165) is 6.42 Å². The van der Waals surface area contributed by atoms with E-state index in [1.807, 2.05) is 30.1 Å². The molecule has 0 aromatic heterocycles. The third kappa shape index (κ3) is 3.57. The molecule has 1 unspecified atom stereocenters. The first-order valence-electron chi connectivity index (χ1n) is 5.71. The molecule has 0 heterocycles. The summed E-state index contributed by atoms with van der Waals surface area (Å²) in [6, 6.07) is 10.6. The van der Waals surface area contributed by atoms with Crippen LogP contribution in [0.2, 0.25) is 0 Å². The zero-order chi connectivity index (χ0) is 12.0. The fourth-order valence-electron chi connectivity index (χ4n) is 1.37. The van der Waals surface area contributed by atoms with Crippen LogP contribution in [0.25, 0.3) is 0 Å². The molecule has 2 N–H and O–H groups in total. The van der Waals surface area contributed by atoms with E-state index in [-0.39, 0.29) is 0 Å². The lowest BCUT2D eigenvalue weighted by atomic mass is 10.2. The summed E-state index contributed by atoms with van der Waals surface area (Å²) in [6.45, 7) is 4.93. The van der Waals surface area contributed by atoms with Gasteiger partial charge in [0.15, 0.2) is 5.96 Å². The van der Waals surface area contributed by atoms with E-state index in [0.29, 0.717) is 18.5 Å². The fraction of sp³-hybridized carbons (Fsp3) is 0.462. The van der Waals surface area contributed by atoms with Crippen molar-refractivity contribution in [1.82, 2.24) is 4.90 Å². The van der Waals surface area contributed by atoms with Crippen LogP contribution in [0.5, 0.6) is 0 Å². The van der Waals surface area contributed by atoms with Crippen LogP contribution in [0.15, 0.2) is 35.3 Å². The zero-order valence-corrected chi connectivity index (χ0v) is 10.4. The maximum Gasteiger partial charge on any atom is 0.191 e. The molecule has 0 saturated carbocycles. The van der Waals surface area contributed by atoms with Gasteiger partial charge in [0.2, 0.25) is 0 Å². The molecular formula is C13H21N3. The molecule has 0 aliphatic rings. The number of hydrogen-bond acceptors (Lipinski definition) is 1. The quantitative estimate of drug-likeness (QED) is 0.623. The molecule has 88 valence electrons. The van der Waals surface area contributed by atoms with Crippen molar-refractivity contribution in [2.24, 2.45) is 10.7 Å². The molecular weight excluding hydrogens is 198 g/mol. The van der Waals surface area contributed by atoms with Gasteiger partial charge in [0.1, 0.15) is 0 Å². The Kier molecular flexibility index (Phi) is 4.83. The van der Waals surface area contributed by atoms with Gasteiger partial charge in [0.25, 0.3) is 0 Å². The Morgan fingerprint density at radius 3 is 2.56 bits per heavy atom. The van der Waals surface area contributed by atoms with E-state index >= 15 is 0 Å². The largest absolute Gasteiger partial charge is 0.370 e. The molecule has 1 aromatic carbocycles. The van der Waals surface area contributed by atoms with Gasteiger partial charge in [-0.05, 0) is 18.9 Å². The summed E-state index contributed by atoms with van der Waals surface area (Å²) in [5, 5.41) is 0. The number of aliphatic imine (C=N–C) groups is 1. The molecule has 3 heteroatoms. The lowest BCUT2D eigenvalue weighted by Crippen LogP contribution is -2.40. The summed E-state index contributed by atoms with van der Waals surface area (Å²) < 4.78 is 0. The van der Waals surface area contributed by atoms with Gasteiger partial charge in [-0.15, -0.1) is 0 Å². The van der Waals surface area contributed by atoms with E-state index in [1.165, 1.54) is 5.56 Å². The van der Waals surface area contributed by atoms with E-state index < -0.39 is 0 Å². The summed E-state index contributed by atoms with van der Waals surface area (Å²) in [6.07, 6.45) is 1.07. The molecule has 0 aliphatic carbocycles. The van der Waals surface area contributed by atoms with Crippen LogP contribution in [0.4, 0.5) is 0 Å². The Bertz CT molecular complexity index is 332. The standard InChI is InChI=1S/C13H21N3/c1-4-11(2)16(3)13(14)15-10-12-8-6-5-7-9-12/h5-9,11H,4,10H2,1-3H3,(H2,14,15). The van der Waals surface area contributed by atoms with Gasteiger partial charge in [0, 0.05) is 13.1 Å². The van der Waals surface area contributed by atoms with Gasteiger partial charge in [0.05, 0.1) is 6.54 Å². The maximum atomic E-state index is 5.92. The van der Waals surface area contributed by atoms with Gasteiger partial charge in [-0.25, -0.2) is 4.99 Å². The van der Waals surface area contributed by atoms with Crippen molar-refractivity contribution in [2.75, 3.05) is 7.05 Å². The third-order valence-electron chi connectivity index (χ3n) is 2.88. The minimum Gasteiger partial charge on any atom is -0.370 e. The van der Waals surface area contributed by atoms with Crippen LogP contribution < -0.4 is 5.73 Å². The number of benzene rings is 1. The highest BCUT2D eigenvalue weighted by molar-refractivity contribution is 5.78. The van der Waals surface area contributed by atoms with Crippen LogP contribution in [0, 0.1) is 0 Å². The number of nitrogens with zero attached hydrogens (tertiary/aromatic N) is 2. The van der Waals surface area contributed by atoms with Crippen LogP contribution >= 0.6 is 0 Å². The number of rotatable bonds is 4. The van der Waals surface area contributed by atoms with Crippen LogP contribution in [-0.2, 0) is 6.54 Å². The van der Waals surface area contributed by atoms with Crippen LogP contribution in [-0.4, -0.2) is 23.9 Å². The number of guanidine groups is 1.